The second-order valence-corrected chi connectivity index (χ2v) is 11.0. The fourth-order valence-corrected chi connectivity index (χ4v) is 5.32. The summed E-state index contributed by atoms with van der Waals surface area (Å²) in [6, 6.07) is 3.46. The number of fused-ring (bicyclic) bond motifs is 1. The van der Waals surface area contributed by atoms with E-state index in [2.05, 4.69) is 31.9 Å². The van der Waals surface area contributed by atoms with Crippen LogP contribution in [0.3, 0.4) is 0 Å². The van der Waals surface area contributed by atoms with Crippen LogP contribution in [-0.4, -0.2) is 67.5 Å². The van der Waals surface area contributed by atoms with Crippen molar-refractivity contribution < 1.29 is 8.42 Å². The van der Waals surface area contributed by atoms with Gasteiger partial charge in [0.05, 0.1) is 5.69 Å². The Morgan fingerprint density at radius 1 is 1.26 bits per heavy atom. The number of hydrogen-bond acceptors (Lipinski definition) is 8. The Bertz CT molecular complexity index is 1380. The summed E-state index contributed by atoms with van der Waals surface area (Å²) in [5, 5.41) is 4.22. The number of aromatic nitrogens is 4. The molecule has 3 aromatic rings. The molecule has 0 radical (unpaired) electrons. The van der Waals surface area contributed by atoms with Gasteiger partial charge in [-0.25, -0.2) is 23.4 Å². The zero-order chi connectivity index (χ0) is 23.9. The molecule has 34 heavy (non-hydrogen) atoms. The molecule has 1 aliphatic heterocycles. The Morgan fingerprint density at radius 2 is 2.03 bits per heavy atom. The summed E-state index contributed by atoms with van der Waals surface area (Å²) >= 11 is 0. The van der Waals surface area contributed by atoms with Crippen LogP contribution in [0.1, 0.15) is 30.5 Å². The summed E-state index contributed by atoms with van der Waals surface area (Å²) in [4.78, 5) is 23.7. The second kappa shape index (κ2) is 8.92. The Hall–Kier alpha value is -3.11. The van der Waals surface area contributed by atoms with Crippen molar-refractivity contribution in [3.05, 3.63) is 35.8 Å². The first kappa shape index (κ1) is 22.7. The highest BCUT2D eigenvalue weighted by atomic mass is 32.2. The number of nitrogens with zero attached hydrogens (tertiary/aromatic N) is 5. The van der Waals surface area contributed by atoms with Gasteiger partial charge in [-0.15, -0.1) is 0 Å². The van der Waals surface area contributed by atoms with Gasteiger partial charge in [-0.1, -0.05) is 6.42 Å². The van der Waals surface area contributed by atoms with Gasteiger partial charge in [0.15, 0.2) is 15.7 Å². The van der Waals surface area contributed by atoms with Crippen molar-refractivity contribution in [1.29, 1.82) is 0 Å². The summed E-state index contributed by atoms with van der Waals surface area (Å²) in [6.07, 6.45) is 8.18. The Balaban J connectivity index is 1.71. The molecule has 178 valence electrons. The lowest BCUT2D eigenvalue weighted by Crippen LogP contribution is -2.44. The average Bonchev–Trinajstić information content (AvgIpc) is 3.23. The van der Waals surface area contributed by atoms with Crippen LogP contribution in [-0.2, 0) is 9.84 Å². The lowest BCUT2D eigenvalue weighted by molar-refractivity contribution is 0.400. The van der Waals surface area contributed by atoms with E-state index >= 15 is 0 Å². The van der Waals surface area contributed by atoms with Crippen LogP contribution in [0.15, 0.2) is 34.5 Å². The predicted octanol–water partition coefficient (Wildman–Crippen LogP) is 2.98. The van der Waals surface area contributed by atoms with Crippen molar-refractivity contribution >= 4 is 39.0 Å². The SMILES string of the molecule is C=NC=C(c1c(C)nc(-c2ccnc3[nH]c(S(C)(=O)=O)cc23)nc1N1CCNCC1)C1CCC1. The molecule has 3 aromatic heterocycles. The molecule has 1 saturated heterocycles. The number of aromatic amines is 1. The zero-order valence-corrected chi connectivity index (χ0v) is 20.3. The first-order chi connectivity index (χ1) is 16.4. The molecule has 0 amide bonds. The standard InChI is InChI=1S/C24H29N7O2S/c1-15-21(19(14-25-2)16-5-4-6-16)24(31-11-9-26-10-12-31)30-23(28-15)17-7-8-27-22-18(17)13-20(29-22)34(3,32)33/h7-8,13-14,16,26H,2,4-6,9-12H2,1,3H3,(H,27,29). The molecule has 2 fully saturated rings. The minimum Gasteiger partial charge on any atom is -0.353 e. The minimum atomic E-state index is -3.40. The number of rotatable bonds is 6. The van der Waals surface area contributed by atoms with Crippen LogP contribution < -0.4 is 10.2 Å². The van der Waals surface area contributed by atoms with Crippen LogP contribution in [0.2, 0.25) is 0 Å². The number of H-pyrrole nitrogens is 1. The van der Waals surface area contributed by atoms with Gasteiger partial charge in [-0.3, -0.25) is 4.99 Å². The molecule has 0 atom stereocenters. The number of hydrogen-bond donors (Lipinski definition) is 2. The van der Waals surface area contributed by atoms with Gasteiger partial charge in [0.2, 0.25) is 0 Å². The maximum Gasteiger partial charge on any atom is 0.190 e. The highest BCUT2D eigenvalue weighted by molar-refractivity contribution is 7.90. The highest BCUT2D eigenvalue weighted by Crippen LogP contribution is 2.43. The van der Waals surface area contributed by atoms with Gasteiger partial charge in [0.1, 0.15) is 16.5 Å². The Labute approximate surface area is 199 Å². The molecule has 1 aliphatic carbocycles. The first-order valence-corrected chi connectivity index (χ1v) is 13.4. The van der Waals surface area contributed by atoms with Crippen molar-refractivity contribution in [2.75, 3.05) is 37.3 Å². The summed E-state index contributed by atoms with van der Waals surface area (Å²) in [6.45, 7) is 9.18. The van der Waals surface area contributed by atoms with E-state index in [1.165, 1.54) is 12.7 Å². The van der Waals surface area contributed by atoms with Crippen molar-refractivity contribution in [3.63, 3.8) is 0 Å². The number of piperazine rings is 1. The van der Waals surface area contributed by atoms with E-state index in [4.69, 9.17) is 9.97 Å². The van der Waals surface area contributed by atoms with E-state index in [0.717, 1.165) is 67.2 Å². The lowest BCUT2D eigenvalue weighted by Gasteiger charge is -2.34. The van der Waals surface area contributed by atoms with Crippen molar-refractivity contribution in [2.24, 2.45) is 10.9 Å². The topological polar surface area (TPSA) is 116 Å². The van der Waals surface area contributed by atoms with E-state index in [0.29, 0.717) is 22.8 Å². The van der Waals surface area contributed by atoms with E-state index < -0.39 is 9.84 Å². The number of aryl methyl sites for hydroxylation is 1. The second-order valence-electron chi connectivity index (χ2n) is 8.99. The molecule has 2 aliphatic rings. The molecule has 0 unspecified atom stereocenters. The summed E-state index contributed by atoms with van der Waals surface area (Å²) in [5.74, 6) is 1.89. The molecule has 2 N–H and O–H groups in total. The van der Waals surface area contributed by atoms with Crippen molar-refractivity contribution in [2.45, 2.75) is 31.2 Å². The molecular weight excluding hydrogens is 450 g/mol. The van der Waals surface area contributed by atoms with Gasteiger partial charge in [-0.05, 0) is 50.1 Å². The quantitative estimate of drug-likeness (QED) is 0.522. The van der Waals surface area contributed by atoms with E-state index in [-0.39, 0.29) is 5.03 Å². The molecule has 0 bridgehead atoms. The number of allylic oxidation sites excluding steroid dienone is 1. The Morgan fingerprint density at radius 3 is 2.68 bits per heavy atom. The normalized spacial score (nSPS) is 17.7. The number of nitrogens with one attached hydrogen (secondary N) is 2. The van der Waals surface area contributed by atoms with Gasteiger partial charge in [0, 0.05) is 61.3 Å². The molecular formula is C24H29N7O2S. The summed E-state index contributed by atoms with van der Waals surface area (Å²) in [5.41, 5.74) is 4.32. The fraction of sp³-hybridized carbons (Fsp3) is 0.417. The summed E-state index contributed by atoms with van der Waals surface area (Å²) < 4.78 is 24.2. The molecule has 9 nitrogen and oxygen atoms in total. The fourth-order valence-electron chi connectivity index (χ4n) is 4.71. The van der Waals surface area contributed by atoms with Crippen LogP contribution in [0.25, 0.3) is 28.0 Å². The Kier molecular flexibility index (Phi) is 5.95. The molecule has 1 saturated carbocycles. The maximum absolute atomic E-state index is 12.1. The third kappa shape index (κ3) is 4.12. The lowest BCUT2D eigenvalue weighted by atomic mass is 9.77. The number of anilines is 1. The van der Waals surface area contributed by atoms with E-state index in [1.54, 1.807) is 12.3 Å². The molecule has 0 spiro atoms. The number of aliphatic imine (C=N–C) groups is 1. The molecule has 10 heteroatoms. The average molecular weight is 480 g/mol. The third-order valence-electron chi connectivity index (χ3n) is 6.70. The maximum atomic E-state index is 12.1. The minimum absolute atomic E-state index is 0.130. The van der Waals surface area contributed by atoms with Gasteiger partial charge < -0.3 is 15.2 Å². The monoisotopic (exact) mass is 479 g/mol. The van der Waals surface area contributed by atoms with Gasteiger partial charge >= 0.3 is 0 Å². The predicted molar refractivity (Wildman–Crippen MR) is 135 cm³/mol. The van der Waals surface area contributed by atoms with Crippen molar-refractivity contribution in [3.8, 4) is 11.4 Å². The first-order valence-electron chi connectivity index (χ1n) is 11.6. The van der Waals surface area contributed by atoms with Crippen LogP contribution in [0, 0.1) is 12.8 Å². The summed E-state index contributed by atoms with van der Waals surface area (Å²) in [7, 11) is -3.40. The van der Waals surface area contributed by atoms with Crippen molar-refractivity contribution in [1.82, 2.24) is 25.3 Å². The molecule has 0 aromatic carbocycles. The smallest absolute Gasteiger partial charge is 0.190 e. The zero-order valence-electron chi connectivity index (χ0n) is 19.5. The van der Waals surface area contributed by atoms with Crippen LogP contribution >= 0.6 is 0 Å². The third-order valence-corrected chi connectivity index (χ3v) is 7.72. The van der Waals surface area contributed by atoms with Gasteiger partial charge in [-0.2, -0.15) is 0 Å². The van der Waals surface area contributed by atoms with Crippen LogP contribution in [0.4, 0.5) is 5.82 Å². The number of pyridine rings is 1. The largest absolute Gasteiger partial charge is 0.353 e. The number of sulfone groups is 1. The van der Waals surface area contributed by atoms with E-state index in [9.17, 15) is 8.42 Å². The molecule has 4 heterocycles. The van der Waals surface area contributed by atoms with Gasteiger partial charge in [0.25, 0.3) is 0 Å². The highest BCUT2D eigenvalue weighted by Gasteiger charge is 2.30. The van der Waals surface area contributed by atoms with E-state index in [1.807, 2.05) is 19.2 Å². The molecule has 5 rings (SSSR count). The van der Waals surface area contributed by atoms with Crippen LogP contribution in [0.5, 0.6) is 0 Å².